The zero-order valence-corrected chi connectivity index (χ0v) is 15.7. The first-order chi connectivity index (χ1) is 11.2. The fourth-order valence-corrected chi connectivity index (χ4v) is 3.68. The van der Waals surface area contributed by atoms with E-state index >= 15 is 0 Å². The van der Waals surface area contributed by atoms with Gasteiger partial charge in [0, 0.05) is 25.2 Å². The second-order valence-electron chi connectivity index (χ2n) is 6.81. The molecule has 0 bridgehead atoms. The molecule has 24 heavy (non-hydrogen) atoms. The van der Waals surface area contributed by atoms with Crippen LogP contribution in [0.1, 0.15) is 47.0 Å². The highest BCUT2D eigenvalue weighted by atomic mass is 32.1. The van der Waals surface area contributed by atoms with Gasteiger partial charge >= 0.3 is 5.97 Å². The molecule has 1 N–H and O–H groups in total. The van der Waals surface area contributed by atoms with Crippen LogP contribution in [0.3, 0.4) is 0 Å². The molecule has 0 saturated carbocycles. The Morgan fingerprint density at radius 3 is 2.46 bits per heavy atom. The second-order valence-corrected chi connectivity index (χ2v) is 7.90. The van der Waals surface area contributed by atoms with Crippen molar-refractivity contribution in [2.75, 3.05) is 26.7 Å². The van der Waals surface area contributed by atoms with Crippen LogP contribution in [0, 0.1) is 0 Å². The molecule has 2 unspecified atom stereocenters. The van der Waals surface area contributed by atoms with Crippen LogP contribution in [-0.4, -0.2) is 61.3 Å². The number of rotatable bonds is 5. The van der Waals surface area contributed by atoms with Crippen LogP contribution in [0.2, 0.25) is 0 Å². The number of carbonyl (C=O) groups is 2. The maximum absolute atomic E-state index is 12.3. The number of amides is 1. The topological polar surface area (TPSA) is 67.9 Å². The van der Waals surface area contributed by atoms with Gasteiger partial charge in [0.1, 0.15) is 4.88 Å². The molecule has 1 aliphatic rings. The monoisotopic (exact) mass is 354 g/mol. The molecule has 1 aliphatic heterocycles. The highest BCUT2D eigenvalue weighted by Crippen LogP contribution is 2.21. The van der Waals surface area contributed by atoms with Gasteiger partial charge in [0.2, 0.25) is 0 Å². The fourth-order valence-electron chi connectivity index (χ4n) is 2.84. The van der Waals surface area contributed by atoms with Crippen molar-refractivity contribution in [1.82, 2.24) is 10.2 Å². The predicted octanol–water partition coefficient (Wildman–Crippen LogP) is 2.15. The summed E-state index contributed by atoms with van der Waals surface area (Å²) in [4.78, 5) is 27.1. The minimum absolute atomic E-state index is 0.169. The van der Waals surface area contributed by atoms with Crippen LogP contribution in [0.15, 0.2) is 12.1 Å². The Morgan fingerprint density at radius 2 is 1.88 bits per heavy atom. The molecular formula is C17H26N2O4S. The average Bonchev–Trinajstić information content (AvgIpc) is 3.01. The summed E-state index contributed by atoms with van der Waals surface area (Å²) in [6.45, 7) is 10.6. The van der Waals surface area contributed by atoms with Crippen LogP contribution in [0.4, 0.5) is 0 Å². The molecule has 1 aromatic heterocycles. The van der Waals surface area contributed by atoms with Crippen molar-refractivity contribution in [1.29, 1.82) is 0 Å². The average molecular weight is 354 g/mol. The van der Waals surface area contributed by atoms with Crippen LogP contribution in [0.5, 0.6) is 0 Å². The molecule has 2 rings (SSSR count). The van der Waals surface area contributed by atoms with Crippen LogP contribution in [-0.2, 0) is 9.47 Å². The number of methoxy groups -OCH3 is 1. The van der Waals surface area contributed by atoms with Gasteiger partial charge in [-0.25, -0.2) is 4.79 Å². The summed E-state index contributed by atoms with van der Waals surface area (Å²) in [6.07, 6.45) is 0.368. The number of carbonyl (C=O) groups excluding carboxylic acids is 2. The molecule has 2 heterocycles. The number of morpholine rings is 1. The molecular weight excluding hydrogens is 328 g/mol. The smallest absolute Gasteiger partial charge is 0.348 e. The largest absolute Gasteiger partial charge is 0.465 e. The third-order valence-corrected chi connectivity index (χ3v) is 5.24. The number of nitrogens with one attached hydrogen (secondary N) is 1. The number of nitrogens with zero attached hydrogens (tertiary/aromatic N) is 1. The van der Waals surface area contributed by atoms with Crippen molar-refractivity contribution in [3.63, 3.8) is 0 Å². The molecule has 0 aliphatic carbocycles. The lowest BCUT2D eigenvalue weighted by Crippen LogP contribution is -2.58. The summed E-state index contributed by atoms with van der Waals surface area (Å²) < 4.78 is 10.4. The van der Waals surface area contributed by atoms with E-state index in [4.69, 9.17) is 4.74 Å². The Bertz CT molecular complexity index is 589. The number of ether oxygens (including phenoxy) is 2. The Kier molecular flexibility index (Phi) is 6.01. The van der Waals surface area contributed by atoms with E-state index in [1.807, 2.05) is 0 Å². The second kappa shape index (κ2) is 7.63. The summed E-state index contributed by atoms with van der Waals surface area (Å²) in [6, 6.07) is 3.26. The molecule has 1 amide bonds. The van der Waals surface area contributed by atoms with Crippen molar-refractivity contribution in [3.8, 4) is 0 Å². The van der Waals surface area contributed by atoms with E-state index in [1.54, 1.807) is 12.1 Å². The van der Waals surface area contributed by atoms with Crippen molar-refractivity contribution in [2.24, 2.45) is 0 Å². The zero-order chi connectivity index (χ0) is 17.9. The predicted molar refractivity (Wildman–Crippen MR) is 93.7 cm³/mol. The molecule has 0 aromatic carbocycles. The molecule has 0 radical (unpaired) electrons. The molecule has 2 atom stereocenters. The zero-order valence-electron chi connectivity index (χ0n) is 14.9. The van der Waals surface area contributed by atoms with Crippen LogP contribution in [0.25, 0.3) is 0 Å². The number of thiophene rings is 1. The molecule has 134 valence electrons. The summed E-state index contributed by atoms with van der Waals surface area (Å²) >= 11 is 1.14. The fraction of sp³-hybridized carbons (Fsp3) is 0.647. The normalized spacial score (nSPS) is 22.2. The lowest BCUT2D eigenvalue weighted by Gasteiger charge is -2.45. The summed E-state index contributed by atoms with van der Waals surface area (Å²) in [5.74, 6) is -0.590. The van der Waals surface area contributed by atoms with E-state index in [-0.39, 0.29) is 23.7 Å². The van der Waals surface area contributed by atoms with Crippen LogP contribution < -0.4 is 5.32 Å². The van der Waals surface area contributed by atoms with Gasteiger partial charge < -0.3 is 14.8 Å². The molecule has 1 saturated heterocycles. The maximum Gasteiger partial charge on any atom is 0.348 e. The van der Waals surface area contributed by atoms with Gasteiger partial charge in [0.25, 0.3) is 5.91 Å². The lowest BCUT2D eigenvalue weighted by atomic mass is 10.00. The van der Waals surface area contributed by atoms with E-state index < -0.39 is 5.97 Å². The third-order valence-electron chi connectivity index (χ3n) is 4.17. The van der Waals surface area contributed by atoms with Crippen molar-refractivity contribution >= 4 is 23.2 Å². The van der Waals surface area contributed by atoms with Gasteiger partial charge in [0.05, 0.1) is 24.2 Å². The molecule has 1 fully saturated rings. The van der Waals surface area contributed by atoms with Gasteiger partial charge in [0.15, 0.2) is 0 Å². The lowest BCUT2D eigenvalue weighted by molar-refractivity contribution is -0.0948. The first-order valence-electron chi connectivity index (χ1n) is 8.10. The number of hydrogen-bond acceptors (Lipinski definition) is 6. The Morgan fingerprint density at radius 1 is 1.29 bits per heavy atom. The van der Waals surface area contributed by atoms with E-state index in [1.165, 1.54) is 7.11 Å². The first-order valence-corrected chi connectivity index (χ1v) is 8.91. The van der Waals surface area contributed by atoms with E-state index in [9.17, 15) is 9.59 Å². The summed E-state index contributed by atoms with van der Waals surface area (Å²) in [5.41, 5.74) is -0.176. The minimum atomic E-state index is -0.421. The standard InChI is InChI=1S/C17H26N2O4S/c1-11-8-19(9-12(2)23-11)17(3,4)10-18-15(20)13-6-7-14(24-13)16(21)22-5/h6-7,11-12H,8-10H2,1-5H3,(H,18,20). The maximum atomic E-state index is 12.3. The summed E-state index contributed by atoms with van der Waals surface area (Å²) in [5, 5.41) is 2.97. The van der Waals surface area contributed by atoms with Crippen molar-refractivity contribution < 1.29 is 19.1 Å². The molecule has 7 heteroatoms. The molecule has 1 aromatic rings. The van der Waals surface area contributed by atoms with Gasteiger partial charge in [-0.05, 0) is 39.8 Å². The van der Waals surface area contributed by atoms with E-state index in [0.29, 0.717) is 16.3 Å². The Labute approximate surface area is 147 Å². The summed E-state index contributed by atoms with van der Waals surface area (Å²) in [7, 11) is 1.33. The molecule has 6 nitrogen and oxygen atoms in total. The number of hydrogen-bond donors (Lipinski definition) is 1. The quantitative estimate of drug-likeness (QED) is 0.821. The van der Waals surface area contributed by atoms with E-state index in [2.05, 4.69) is 42.6 Å². The Balaban J connectivity index is 1.94. The first kappa shape index (κ1) is 18.9. The highest BCUT2D eigenvalue weighted by Gasteiger charge is 2.33. The van der Waals surface area contributed by atoms with Gasteiger partial charge in [-0.2, -0.15) is 0 Å². The van der Waals surface area contributed by atoms with Gasteiger partial charge in [-0.1, -0.05) is 0 Å². The van der Waals surface area contributed by atoms with Crippen LogP contribution >= 0.6 is 11.3 Å². The molecule has 0 spiro atoms. The van der Waals surface area contributed by atoms with Gasteiger partial charge in [-0.3, -0.25) is 9.69 Å². The van der Waals surface area contributed by atoms with E-state index in [0.717, 1.165) is 24.4 Å². The highest BCUT2D eigenvalue weighted by molar-refractivity contribution is 7.15. The van der Waals surface area contributed by atoms with Gasteiger partial charge in [-0.15, -0.1) is 11.3 Å². The SMILES string of the molecule is COC(=O)c1ccc(C(=O)NCC(C)(C)N2CC(C)OC(C)C2)s1. The van der Waals surface area contributed by atoms with Crippen molar-refractivity contribution in [3.05, 3.63) is 21.9 Å². The minimum Gasteiger partial charge on any atom is -0.465 e. The third kappa shape index (κ3) is 4.55. The Hall–Kier alpha value is -1.44. The number of esters is 1. The van der Waals surface area contributed by atoms with Crippen molar-refractivity contribution in [2.45, 2.75) is 45.4 Å².